The summed E-state index contributed by atoms with van der Waals surface area (Å²) >= 11 is 6.34. The number of carbonyl (C=O) groups excluding carboxylic acids is 1. The number of pyridine rings is 2. The molecule has 4 heterocycles. The monoisotopic (exact) mass is 653 g/mol. The number of halogens is 1. The molecule has 4 fully saturated rings. The number of aromatic nitrogens is 4. The first-order valence-electron chi connectivity index (χ1n) is 15.8. The third kappa shape index (κ3) is 6.09. The highest BCUT2D eigenvalue weighted by atomic mass is 35.5. The number of nitrogens with zero attached hydrogens (tertiary/aromatic N) is 4. The Bertz CT molecular complexity index is 1700. The van der Waals surface area contributed by atoms with Gasteiger partial charge < -0.3 is 15.4 Å². The van der Waals surface area contributed by atoms with Gasteiger partial charge >= 0.3 is 0 Å². The molecule has 45 heavy (non-hydrogen) atoms. The fourth-order valence-electron chi connectivity index (χ4n) is 7.82. The molecule has 2 spiro atoms. The van der Waals surface area contributed by atoms with Crippen molar-refractivity contribution in [3.05, 3.63) is 59.0 Å². The standard InChI is InChI=1S/C32H40ClN7O4S/c1-30(2)18-21(19-35-30)8-15-34-20-22-4-3-5-27(36-22)45(42,43)39-29(41)23-6-7-25(37-28(23)33)40-16-9-26(38-40)44-17-10-24-31(11-12-31)32(24)13-14-32/h3-7,9,16,21,24,34-35H,8,10-15,17-20H2,1-2H3,(H,39,41)/t21-/m0/s1. The van der Waals surface area contributed by atoms with Crippen molar-refractivity contribution in [2.75, 3.05) is 19.7 Å². The van der Waals surface area contributed by atoms with Crippen molar-refractivity contribution >= 4 is 27.5 Å². The summed E-state index contributed by atoms with van der Waals surface area (Å²) in [6.45, 7) is 7.28. The molecule has 240 valence electrons. The molecule has 1 saturated heterocycles. The van der Waals surface area contributed by atoms with Crippen LogP contribution in [0.2, 0.25) is 5.15 Å². The smallest absolute Gasteiger partial charge is 0.281 e. The van der Waals surface area contributed by atoms with Crippen molar-refractivity contribution in [3.8, 4) is 11.7 Å². The second-order valence-electron chi connectivity index (χ2n) is 13.8. The Hall–Kier alpha value is -3.06. The van der Waals surface area contributed by atoms with Crippen molar-refractivity contribution in [1.29, 1.82) is 0 Å². The fourth-order valence-corrected chi connectivity index (χ4v) is 9.01. The third-order valence-electron chi connectivity index (χ3n) is 10.3. The van der Waals surface area contributed by atoms with E-state index in [2.05, 4.69) is 44.3 Å². The number of fused-ring (bicyclic) bond motifs is 1. The van der Waals surface area contributed by atoms with Gasteiger partial charge in [-0.05, 0) is 119 Å². The molecule has 3 aromatic heterocycles. The van der Waals surface area contributed by atoms with Gasteiger partial charge in [-0.3, -0.25) is 4.79 Å². The first-order chi connectivity index (χ1) is 21.5. The topological polar surface area (TPSA) is 140 Å². The molecule has 0 bridgehead atoms. The number of sulfonamides is 1. The van der Waals surface area contributed by atoms with Crippen molar-refractivity contribution in [3.63, 3.8) is 0 Å². The summed E-state index contributed by atoms with van der Waals surface area (Å²) in [4.78, 5) is 21.5. The van der Waals surface area contributed by atoms with Gasteiger partial charge in [0.1, 0.15) is 5.15 Å². The van der Waals surface area contributed by atoms with Crippen molar-refractivity contribution in [2.24, 2.45) is 22.7 Å². The summed E-state index contributed by atoms with van der Waals surface area (Å²) in [5.74, 6) is 1.39. The summed E-state index contributed by atoms with van der Waals surface area (Å²) < 4.78 is 35.6. The van der Waals surface area contributed by atoms with Gasteiger partial charge in [-0.15, -0.1) is 5.10 Å². The highest BCUT2D eigenvalue weighted by Gasteiger charge is 2.85. The molecule has 1 aliphatic heterocycles. The Morgan fingerprint density at radius 1 is 1.09 bits per heavy atom. The number of carbonyl (C=O) groups is 1. The molecular formula is C32H40ClN7O4S. The van der Waals surface area contributed by atoms with Gasteiger partial charge in [0.25, 0.3) is 15.9 Å². The van der Waals surface area contributed by atoms with Crippen LogP contribution < -0.4 is 20.1 Å². The maximum Gasteiger partial charge on any atom is 0.281 e. The lowest BCUT2D eigenvalue weighted by Crippen LogP contribution is -2.32. The lowest BCUT2D eigenvalue weighted by Gasteiger charge is -2.17. The Kier molecular flexibility index (Phi) is 7.70. The van der Waals surface area contributed by atoms with Crippen molar-refractivity contribution in [2.45, 2.75) is 75.9 Å². The SMILES string of the molecule is CC1(C)C[C@H](CCNCc2cccc(S(=O)(=O)NC(=O)c3ccc(-n4ccc(OCCC5C6(CC6)C56CC6)n4)nc3Cl)n2)CN1. The minimum absolute atomic E-state index is 0.0810. The molecule has 0 unspecified atom stereocenters. The molecule has 0 aromatic carbocycles. The molecule has 3 aromatic rings. The fraction of sp³-hybridized carbons (Fsp3) is 0.562. The van der Waals surface area contributed by atoms with Crippen molar-refractivity contribution < 1.29 is 17.9 Å². The molecule has 7 rings (SSSR count). The molecule has 0 radical (unpaired) electrons. The molecule has 4 aliphatic rings. The second-order valence-corrected chi connectivity index (χ2v) is 15.8. The third-order valence-corrected chi connectivity index (χ3v) is 11.9. The zero-order valence-corrected chi connectivity index (χ0v) is 27.3. The molecule has 1 amide bonds. The van der Waals surface area contributed by atoms with Gasteiger partial charge in [-0.1, -0.05) is 17.7 Å². The van der Waals surface area contributed by atoms with Crippen LogP contribution >= 0.6 is 11.6 Å². The van der Waals surface area contributed by atoms with E-state index in [1.54, 1.807) is 30.5 Å². The van der Waals surface area contributed by atoms with Crippen LogP contribution in [0.25, 0.3) is 5.82 Å². The first-order valence-corrected chi connectivity index (χ1v) is 17.7. The Balaban J connectivity index is 0.911. The Morgan fingerprint density at radius 3 is 2.56 bits per heavy atom. The van der Waals surface area contributed by atoms with E-state index in [4.69, 9.17) is 16.3 Å². The van der Waals surface area contributed by atoms with Crippen LogP contribution in [-0.4, -0.2) is 59.3 Å². The number of nitrogens with one attached hydrogen (secondary N) is 3. The van der Waals surface area contributed by atoms with E-state index in [0.29, 0.717) is 47.3 Å². The number of hydrogen-bond acceptors (Lipinski definition) is 9. The van der Waals surface area contributed by atoms with E-state index in [1.165, 1.54) is 42.5 Å². The van der Waals surface area contributed by atoms with Gasteiger partial charge in [0.05, 0.1) is 17.9 Å². The van der Waals surface area contributed by atoms with Crippen LogP contribution in [-0.2, 0) is 16.6 Å². The summed E-state index contributed by atoms with van der Waals surface area (Å²) in [5.41, 5.74) is 1.97. The van der Waals surface area contributed by atoms with Gasteiger partial charge in [0.2, 0.25) is 5.88 Å². The van der Waals surface area contributed by atoms with E-state index in [9.17, 15) is 13.2 Å². The van der Waals surface area contributed by atoms with E-state index in [0.717, 1.165) is 38.3 Å². The van der Waals surface area contributed by atoms with Crippen molar-refractivity contribution in [1.82, 2.24) is 35.1 Å². The van der Waals surface area contributed by atoms with Crippen LogP contribution in [0.4, 0.5) is 0 Å². The molecule has 13 heteroatoms. The van der Waals surface area contributed by atoms with Gasteiger partial charge in [0, 0.05) is 24.3 Å². The predicted octanol–water partition coefficient (Wildman–Crippen LogP) is 4.26. The summed E-state index contributed by atoms with van der Waals surface area (Å²) in [6, 6.07) is 9.44. The van der Waals surface area contributed by atoms with E-state index >= 15 is 0 Å². The number of rotatable bonds is 13. The van der Waals surface area contributed by atoms with Crippen LogP contribution in [0.3, 0.4) is 0 Å². The van der Waals surface area contributed by atoms with E-state index in [1.807, 2.05) is 0 Å². The molecule has 3 N–H and O–H groups in total. The van der Waals surface area contributed by atoms with Gasteiger partial charge in [-0.25, -0.2) is 19.4 Å². The molecular weight excluding hydrogens is 614 g/mol. The highest BCUT2D eigenvalue weighted by molar-refractivity contribution is 7.90. The summed E-state index contributed by atoms with van der Waals surface area (Å²) in [6.07, 6.45) is 10.5. The Labute approximate surface area is 268 Å². The molecule has 3 aliphatic carbocycles. The number of hydrogen-bond donors (Lipinski definition) is 3. The summed E-state index contributed by atoms with van der Waals surface area (Å²) in [5, 5.41) is 10.9. The largest absolute Gasteiger partial charge is 0.477 e. The van der Waals surface area contributed by atoms with Gasteiger partial charge in [-0.2, -0.15) is 8.42 Å². The minimum atomic E-state index is -4.25. The van der Waals surface area contributed by atoms with Crippen LogP contribution in [0.1, 0.15) is 74.8 Å². The zero-order valence-electron chi connectivity index (χ0n) is 25.7. The second kappa shape index (κ2) is 11.3. The first kappa shape index (κ1) is 30.6. The molecule has 3 saturated carbocycles. The Morgan fingerprint density at radius 2 is 1.87 bits per heavy atom. The summed E-state index contributed by atoms with van der Waals surface area (Å²) in [7, 11) is -4.25. The quantitative estimate of drug-likeness (QED) is 0.182. The minimum Gasteiger partial charge on any atom is -0.477 e. The number of ether oxygens (including phenoxy) is 1. The lowest BCUT2D eigenvalue weighted by atomic mass is 9.95. The molecule has 1 atom stereocenters. The highest BCUT2D eigenvalue weighted by Crippen LogP contribution is 2.93. The van der Waals surface area contributed by atoms with E-state index < -0.39 is 15.9 Å². The molecule has 11 nitrogen and oxygen atoms in total. The maximum atomic E-state index is 13.0. The average Bonchev–Trinajstić information content (AvgIpc) is 3.95. The van der Waals surface area contributed by atoms with Gasteiger partial charge in [0.15, 0.2) is 10.8 Å². The van der Waals surface area contributed by atoms with Crippen LogP contribution in [0.5, 0.6) is 5.88 Å². The van der Waals surface area contributed by atoms with Crippen LogP contribution in [0.15, 0.2) is 47.6 Å². The lowest BCUT2D eigenvalue weighted by molar-refractivity contribution is 0.0981. The zero-order chi connectivity index (χ0) is 31.5. The van der Waals surface area contributed by atoms with Crippen LogP contribution in [0, 0.1) is 22.7 Å². The predicted molar refractivity (Wildman–Crippen MR) is 169 cm³/mol. The number of amides is 1. The normalized spacial score (nSPS) is 22.1. The maximum absolute atomic E-state index is 13.0. The average molecular weight is 654 g/mol. The van der Waals surface area contributed by atoms with E-state index in [-0.39, 0.29) is 21.3 Å².